The average Bonchev–Trinajstić information content (AvgIpc) is 2.03. The van der Waals surface area contributed by atoms with Crippen LogP contribution < -0.4 is 0 Å². The standard InChI is InChI=1S/C12H25N/c1-9(2)12-6-7-13(10(3)4)11(5)8-12/h9-12H,6-8H2,1-5H3/t11-,12-/m1/s1. The maximum Gasteiger partial charge on any atom is 0.00723 e. The predicted octanol–water partition coefficient (Wildman–Crippen LogP) is 3.15. The molecule has 0 N–H and O–H groups in total. The molecule has 78 valence electrons. The Morgan fingerprint density at radius 2 is 1.77 bits per heavy atom. The van der Waals surface area contributed by atoms with Crippen LogP contribution in [0.2, 0.25) is 0 Å². The molecular formula is C12H25N. The zero-order chi connectivity index (χ0) is 10.0. The smallest absolute Gasteiger partial charge is 0.00723 e. The number of hydrogen-bond donors (Lipinski definition) is 0. The summed E-state index contributed by atoms with van der Waals surface area (Å²) in [6, 6.07) is 1.52. The molecule has 0 aromatic carbocycles. The molecule has 0 aliphatic carbocycles. The molecule has 1 aliphatic heterocycles. The molecule has 0 saturated carbocycles. The second-order valence-electron chi connectivity index (χ2n) is 5.21. The first-order chi connectivity index (χ1) is 6.02. The molecule has 0 aromatic rings. The van der Waals surface area contributed by atoms with E-state index in [-0.39, 0.29) is 0 Å². The normalized spacial score (nSPS) is 31.6. The molecule has 1 nitrogen and oxygen atoms in total. The van der Waals surface area contributed by atoms with Gasteiger partial charge in [-0.25, -0.2) is 0 Å². The lowest BCUT2D eigenvalue weighted by atomic mass is 9.83. The topological polar surface area (TPSA) is 3.24 Å². The Kier molecular flexibility index (Phi) is 3.78. The summed E-state index contributed by atoms with van der Waals surface area (Å²) >= 11 is 0. The van der Waals surface area contributed by atoms with E-state index in [1.807, 2.05) is 0 Å². The van der Waals surface area contributed by atoms with Crippen LogP contribution in [0.3, 0.4) is 0 Å². The second kappa shape index (κ2) is 4.45. The van der Waals surface area contributed by atoms with Crippen molar-refractivity contribution in [1.29, 1.82) is 0 Å². The van der Waals surface area contributed by atoms with Crippen LogP contribution in [0.15, 0.2) is 0 Å². The minimum Gasteiger partial charge on any atom is -0.298 e. The number of likely N-dealkylation sites (tertiary alicyclic amines) is 1. The van der Waals surface area contributed by atoms with Crippen LogP contribution >= 0.6 is 0 Å². The van der Waals surface area contributed by atoms with Gasteiger partial charge in [-0.3, -0.25) is 4.90 Å². The van der Waals surface area contributed by atoms with Gasteiger partial charge in [0.25, 0.3) is 0 Å². The molecule has 0 radical (unpaired) electrons. The maximum atomic E-state index is 2.64. The van der Waals surface area contributed by atoms with Crippen molar-refractivity contribution in [2.45, 2.75) is 59.5 Å². The van der Waals surface area contributed by atoms with E-state index in [0.717, 1.165) is 23.9 Å². The van der Waals surface area contributed by atoms with Crippen LogP contribution in [-0.2, 0) is 0 Å². The fourth-order valence-electron chi connectivity index (χ4n) is 2.60. The molecule has 0 aromatic heterocycles. The van der Waals surface area contributed by atoms with E-state index in [1.54, 1.807) is 0 Å². The van der Waals surface area contributed by atoms with Gasteiger partial charge in [0.2, 0.25) is 0 Å². The van der Waals surface area contributed by atoms with Gasteiger partial charge in [-0.15, -0.1) is 0 Å². The Balaban J connectivity index is 2.46. The summed E-state index contributed by atoms with van der Waals surface area (Å²) in [5, 5.41) is 0. The minimum atomic E-state index is 0.725. The third-order valence-corrected chi connectivity index (χ3v) is 3.57. The van der Waals surface area contributed by atoms with Crippen LogP contribution in [-0.4, -0.2) is 23.5 Å². The summed E-state index contributed by atoms with van der Waals surface area (Å²) in [6.45, 7) is 13.0. The molecule has 1 fully saturated rings. The van der Waals surface area contributed by atoms with E-state index in [4.69, 9.17) is 0 Å². The van der Waals surface area contributed by atoms with Gasteiger partial charge in [0.1, 0.15) is 0 Å². The first-order valence-corrected chi connectivity index (χ1v) is 5.78. The van der Waals surface area contributed by atoms with Gasteiger partial charge >= 0.3 is 0 Å². The van der Waals surface area contributed by atoms with Crippen molar-refractivity contribution in [2.24, 2.45) is 11.8 Å². The van der Waals surface area contributed by atoms with Gasteiger partial charge in [-0.1, -0.05) is 13.8 Å². The molecule has 0 spiro atoms. The van der Waals surface area contributed by atoms with Crippen molar-refractivity contribution in [3.05, 3.63) is 0 Å². The number of piperidine rings is 1. The summed E-state index contributed by atoms with van der Waals surface area (Å²) in [7, 11) is 0. The van der Waals surface area contributed by atoms with Gasteiger partial charge in [0.15, 0.2) is 0 Å². The first-order valence-electron chi connectivity index (χ1n) is 5.78. The molecule has 1 heteroatoms. The zero-order valence-electron chi connectivity index (χ0n) is 9.88. The van der Waals surface area contributed by atoms with Crippen molar-refractivity contribution in [2.75, 3.05) is 6.54 Å². The molecule has 0 amide bonds. The van der Waals surface area contributed by atoms with Gasteiger partial charge in [-0.05, 0) is 52.0 Å². The van der Waals surface area contributed by atoms with Crippen molar-refractivity contribution in [3.8, 4) is 0 Å². The summed E-state index contributed by atoms with van der Waals surface area (Å²) in [6.07, 6.45) is 2.80. The van der Waals surface area contributed by atoms with Crippen LogP contribution in [0.5, 0.6) is 0 Å². The molecule has 0 bridgehead atoms. The molecule has 1 saturated heterocycles. The van der Waals surface area contributed by atoms with Crippen molar-refractivity contribution < 1.29 is 0 Å². The third kappa shape index (κ3) is 2.70. The van der Waals surface area contributed by atoms with E-state index in [0.29, 0.717) is 0 Å². The lowest BCUT2D eigenvalue weighted by Crippen LogP contribution is -2.45. The van der Waals surface area contributed by atoms with Crippen LogP contribution in [0.25, 0.3) is 0 Å². The highest BCUT2D eigenvalue weighted by molar-refractivity contribution is 4.81. The Morgan fingerprint density at radius 1 is 1.15 bits per heavy atom. The highest BCUT2D eigenvalue weighted by atomic mass is 15.2. The molecule has 1 heterocycles. The summed E-state index contributed by atoms with van der Waals surface area (Å²) in [4.78, 5) is 2.64. The quantitative estimate of drug-likeness (QED) is 0.635. The maximum absolute atomic E-state index is 2.64. The monoisotopic (exact) mass is 183 g/mol. The predicted molar refractivity (Wildman–Crippen MR) is 58.9 cm³/mol. The van der Waals surface area contributed by atoms with Gasteiger partial charge in [0.05, 0.1) is 0 Å². The largest absolute Gasteiger partial charge is 0.298 e. The van der Waals surface area contributed by atoms with Crippen molar-refractivity contribution in [3.63, 3.8) is 0 Å². The van der Waals surface area contributed by atoms with Crippen LogP contribution in [0.1, 0.15) is 47.5 Å². The van der Waals surface area contributed by atoms with Crippen LogP contribution in [0.4, 0.5) is 0 Å². The fraction of sp³-hybridized carbons (Fsp3) is 1.00. The van der Waals surface area contributed by atoms with E-state index in [9.17, 15) is 0 Å². The Labute approximate surface area is 83.5 Å². The van der Waals surface area contributed by atoms with Crippen LogP contribution in [0, 0.1) is 11.8 Å². The summed E-state index contributed by atoms with van der Waals surface area (Å²) in [5.41, 5.74) is 0. The summed E-state index contributed by atoms with van der Waals surface area (Å²) < 4.78 is 0. The lowest BCUT2D eigenvalue weighted by molar-refractivity contribution is 0.0764. The van der Waals surface area contributed by atoms with Gasteiger partial charge < -0.3 is 0 Å². The molecule has 0 unspecified atom stereocenters. The number of nitrogens with zero attached hydrogens (tertiary/aromatic N) is 1. The zero-order valence-corrected chi connectivity index (χ0v) is 9.88. The minimum absolute atomic E-state index is 0.725. The molecule has 1 rings (SSSR count). The highest BCUT2D eigenvalue weighted by Gasteiger charge is 2.28. The average molecular weight is 183 g/mol. The van der Waals surface area contributed by atoms with E-state index >= 15 is 0 Å². The van der Waals surface area contributed by atoms with Crippen molar-refractivity contribution >= 4 is 0 Å². The molecular weight excluding hydrogens is 158 g/mol. The molecule has 13 heavy (non-hydrogen) atoms. The van der Waals surface area contributed by atoms with Gasteiger partial charge in [-0.2, -0.15) is 0 Å². The molecule has 2 atom stereocenters. The second-order valence-corrected chi connectivity index (χ2v) is 5.21. The van der Waals surface area contributed by atoms with Gasteiger partial charge in [0, 0.05) is 12.1 Å². The number of hydrogen-bond acceptors (Lipinski definition) is 1. The summed E-state index contributed by atoms with van der Waals surface area (Å²) in [5.74, 6) is 1.83. The SMILES string of the molecule is CC(C)[C@@H]1CCN(C(C)C)[C@H](C)C1. The number of rotatable bonds is 2. The fourth-order valence-corrected chi connectivity index (χ4v) is 2.60. The lowest BCUT2D eigenvalue weighted by Gasteiger charge is -2.41. The first kappa shape index (κ1) is 11.0. The van der Waals surface area contributed by atoms with E-state index < -0.39 is 0 Å². The van der Waals surface area contributed by atoms with E-state index in [2.05, 4.69) is 39.5 Å². The Bertz CT molecular complexity index is 151. The van der Waals surface area contributed by atoms with Crippen molar-refractivity contribution in [1.82, 2.24) is 4.90 Å². The Morgan fingerprint density at radius 3 is 2.15 bits per heavy atom. The molecule has 1 aliphatic rings. The highest BCUT2D eigenvalue weighted by Crippen LogP contribution is 2.29. The Hall–Kier alpha value is -0.0400. The van der Waals surface area contributed by atoms with E-state index in [1.165, 1.54) is 19.4 Å². The third-order valence-electron chi connectivity index (χ3n) is 3.57.